The molecule has 1 aromatic rings. The molecule has 0 unspecified atom stereocenters. The zero-order valence-electron chi connectivity index (χ0n) is 15.2. The second-order valence-electron chi connectivity index (χ2n) is 6.80. The summed E-state index contributed by atoms with van der Waals surface area (Å²) >= 11 is 0. The summed E-state index contributed by atoms with van der Waals surface area (Å²) in [6.45, 7) is 2.73. The van der Waals surface area contributed by atoms with E-state index in [0.29, 0.717) is 19.8 Å². The quantitative estimate of drug-likeness (QED) is 0.690. The second-order valence-corrected chi connectivity index (χ2v) is 8.55. The van der Waals surface area contributed by atoms with Crippen molar-refractivity contribution in [2.75, 3.05) is 45.9 Å². The van der Waals surface area contributed by atoms with Crippen LogP contribution in [0.3, 0.4) is 0 Å². The van der Waals surface area contributed by atoms with E-state index < -0.39 is 28.1 Å². The highest BCUT2D eigenvalue weighted by molar-refractivity contribution is 7.87. The van der Waals surface area contributed by atoms with Gasteiger partial charge in [-0.3, -0.25) is 0 Å². The number of rotatable bonds is 7. The number of benzene rings is 1. The van der Waals surface area contributed by atoms with Crippen LogP contribution in [0.5, 0.6) is 5.75 Å². The van der Waals surface area contributed by atoms with Gasteiger partial charge in [-0.15, -0.1) is 0 Å². The monoisotopic (exact) mass is 423 g/mol. The maximum atomic E-state index is 12.7. The third-order valence-electron chi connectivity index (χ3n) is 4.87. The standard InChI is InChI=1S/C17H24F3N3O4S/c18-17(19,20)14-1-3-15(4-2-14)27-16(13-5-6-21-11-13)12-22-28(24,25)23-7-9-26-10-8-23/h1-4,13,16,21-22H,5-12H2/t13-,16+/m0/s1. The minimum absolute atomic E-state index is 0.0348. The Morgan fingerprint density at radius 2 is 1.93 bits per heavy atom. The molecule has 0 bridgehead atoms. The van der Waals surface area contributed by atoms with E-state index >= 15 is 0 Å². The van der Waals surface area contributed by atoms with Gasteiger partial charge in [0.2, 0.25) is 0 Å². The lowest BCUT2D eigenvalue weighted by Gasteiger charge is -2.29. The smallest absolute Gasteiger partial charge is 0.416 e. The van der Waals surface area contributed by atoms with Gasteiger partial charge in [0.25, 0.3) is 10.2 Å². The van der Waals surface area contributed by atoms with E-state index in [4.69, 9.17) is 9.47 Å². The number of hydrogen-bond acceptors (Lipinski definition) is 5. The van der Waals surface area contributed by atoms with Crippen molar-refractivity contribution in [1.29, 1.82) is 0 Å². The van der Waals surface area contributed by atoms with Gasteiger partial charge in [0.1, 0.15) is 11.9 Å². The van der Waals surface area contributed by atoms with Gasteiger partial charge in [0, 0.05) is 32.1 Å². The SMILES string of the molecule is O=S(=O)(NC[C@@H](Oc1ccc(C(F)(F)F)cc1)[C@H]1CCNC1)N1CCOCC1. The minimum atomic E-state index is -4.42. The Balaban J connectivity index is 1.65. The fourth-order valence-electron chi connectivity index (χ4n) is 3.26. The molecule has 2 saturated heterocycles. The van der Waals surface area contributed by atoms with Crippen LogP contribution < -0.4 is 14.8 Å². The van der Waals surface area contributed by atoms with Crippen molar-refractivity contribution < 1.29 is 31.1 Å². The summed E-state index contributed by atoms with van der Waals surface area (Å²) in [7, 11) is -3.67. The topological polar surface area (TPSA) is 79.9 Å². The maximum Gasteiger partial charge on any atom is 0.416 e. The van der Waals surface area contributed by atoms with Crippen molar-refractivity contribution in [1.82, 2.24) is 14.3 Å². The Bertz CT molecular complexity index is 731. The fourth-order valence-corrected chi connectivity index (χ4v) is 4.45. The van der Waals surface area contributed by atoms with E-state index in [1.54, 1.807) is 0 Å². The first-order valence-electron chi connectivity index (χ1n) is 9.13. The Morgan fingerprint density at radius 1 is 1.25 bits per heavy atom. The predicted molar refractivity (Wildman–Crippen MR) is 96.2 cm³/mol. The van der Waals surface area contributed by atoms with Crippen molar-refractivity contribution in [3.8, 4) is 5.75 Å². The van der Waals surface area contributed by atoms with Gasteiger partial charge in [-0.05, 0) is 37.2 Å². The lowest BCUT2D eigenvalue weighted by molar-refractivity contribution is -0.137. The number of nitrogens with one attached hydrogen (secondary N) is 2. The lowest BCUT2D eigenvalue weighted by Crippen LogP contribution is -2.50. The van der Waals surface area contributed by atoms with Gasteiger partial charge in [0.15, 0.2) is 0 Å². The van der Waals surface area contributed by atoms with Crippen LogP contribution in [0.25, 0.3) is 0 Å². The van der Waals surface area contributed by atoms with E-state index in [1.165, 1.54) is 16.4 Å². The van der Waals surface area contributed by atoms with Gasteiger partial charge >= 0.3 is 6.18 Å². The molecule has 0 aliphatic carbocycles. The number of hydrogen-bond donors (Lipinski definition) is 2. The molecule has 7 nitrogen and oxygen atoms in total. The molecular weight excluding hydrogens is 399 g/mol. The Kier molecular flexibility index (Phi) is 6.81. The molecule has 1 aromatic carbocycles. The molecule has 2 heterocycles. The average Bonchev–Trinajstić information content (AvgIpc) is 3.20. The molecule has 2 N–H and O–H groups in total. The normalized spacial score (nSPS) is 22.9. The predicted octanol–water partition coefficient (Wildman–Crippen LogP) is 1.23. The fraction of sp³-hybridized carbons (Fsp3) is 0.647. The van der Waals surface area contributed by atoms with Gasteiger partial charge in [-0.25, -0.2) is 0 Å². The molecule has 3 rings (SSSR count). The van der Waals surface area contributed by atoms with Crippen LogP contribution >= 0.6 is 0 Å². The van der Waals surface area contributed by atoms with Crippen LogP contribution in [0.15, 0.2) is 24.3 Å². The molecule has 158 valence electrons. The highest BCUT2D eigenvalue weighted by atomic mass is 32.2. The molecule has 2 aliphatic rings. The van der Waals surface area contributed by atoms with Crippen LogP contribution in [0.2, 0.25) is 0 Å². The van der Waals surface area contributed by atoms with Crippen molar-refractivity contribution >= 4 is 10.2 Å². The van der Waals surface area contributed by atoms with Crippen molar-refractivity contribution in [3.05, 3.63) is 29.8 Å². The molecule has 28 heavy (non-hydrogen) atoms. The highest BCUT2D eigenvalue weighted by Crippen LogP contribution is 2.31. The molecule has 0 saturated carbocycles. The van der Waals surface area contributed by atoms with Crippen molar-refractivity contribution in [3.63, 3.8) is 0 Å². The van der Waals surface area contributed by atoms with Gasteiger partial charge in [0.05, 0.1) is 18.8 Å². The largest absolute Gasteiger partial charge is 0.489 e. The summed E-state index contributed by atoms with van der Waals surface area (Å²) in [6, 6.07) is 4.43. The van der Waals surface area contributed by atoms with Crippen molar-refractivity contribution in [2.24, 2.45) is 5.92 Å². The summed E-state index contributed by atoms with van der Waals surface area (Å²) < 4.78 is 78.0. The molecule has 0 amide bonds. The molecule has 2 fully saturated rings. The summed E-state index contributed by atoms with van der Waals surface area (Å²) in [5.74, 6) is 0.324. The van der Waals surface area contributed by atoms with E-state index in [-0.39, 0.29) is 31.3 Å². The maximum absolute atomic E-state index is 12.7. The number of morpholine rings is 1. The van der Waals surface area contributed by atoms with Gasteiger partial charge < -0.3 is 14.8 Å². The lowest BCUT2D eigenvalue weighted by atomic mass is 10.0. The zero-order valence-corrected chi connectivity index (χ0v) is 16.1. The number of ether oxygens (including phenoxy) is 2. The van der Waals surface area contributed by atoms with Crippen molar-refractivity contribution in [2.45, 2.75) is 18.7 Å². The van der Waals surface area contributed by atoms with Crippen LogP contribution in [0, 0.1) is 5.92 Å². The average molecular weight is 423 g/mol. The molecular formula is C17H24F3N3O4S. The van der Waals surface area contributed by atoms with E-state index in [9.17, 15) is 21.6 Å². The minimum Gasteiger partial charge on any atom is -0.489 e. The van der Waals surface area contributed by atoms with Crippen LogP contribution in [0.4, 0.5) is 13.2 Å². The third-order valence-corrected chi connectivity index (χ3v) is 6.45. The Morgan fingerprint density at radius 3 is 2.50 bits per heavy atom. The molecule has 0 radical (unpaired) electrons. The Hall–Kier alpha value is -1.40. The summed E-state index contributed by atoms with van der Waals surface area (Å²) in [6.07, 6.45) is -4.12. The summed E-state index contributed by atoms with van der Waals surface area (Å²) in [4.78, 5) is 0. The zero-order chi connectivity index (χ0) is 20.2. The van der Waals surface area contributed by atoms with Gasteiger partial charge in [-0.2, -0.15) is 30.6 Å². The van der Waals surface area contributed by atoms with E-state index in [1.807, 2.05) is 0 Å². The molecule has 0 spiro atoms. The highest BCUT2D eigenvalue weighted by Gasteiger charge is 2.32. The van der Waals surface area contributed by atoms with Gasteiger partial charge in [-0.1, -0.05) is 0 Å². The van der Waals surface area contributed by atoms with E-state index in [0.717, 1.165) is 25.1 Å². The van der Waals surface area contributed by atoms with E-state index in [2.05, 4.69) is 10.0 Å². The summed E-state index contributed by atoms with van der Waals surface area (Å²) in [5, 5.41) is 3.20. The van der Waals surface area contributed by atoms with Crippen LogP contribution in [0.1, 0.15) is 12.0 Å². The molecule has 2 aliphatic heterocycles. The third kappa shape index (κ3) is 5.57. The molecule has 2 atom stereocenters. The number of nitrogens with zero attached hydrogens (tertiary/aromatic N) is 1. The first kappa shape index (κ1) is 21.3. The molecule has 11 heteroatoms. The van der Waals surface area contributed by atoms with Crippen LogP contribution in [-0.4, -0.2) is 64.8 Å². The summed E-state index contributed by atoms with van der Waals surface area (Å²) in [5.41, 5.74) is -0.757. The Labute approximate surface area is 162 Å². The first-order valence-corrected chi connectivity index (χ1v) is 10.6. The molecule has 0 aromatic heterocycles. The van der Waals surface area contributed by atoms with Crippen LogP contribution in [-0.2, 0) is 21.1 Å². The second kappa shape index (κ2) is 8.95. The number of halogens is 3. The first-order chi connectivity index (χ1) is 13.3. The number of alkyl halides is 3.